The fraction of sp³-hybridized carbons (Fsp3) is 0.300. The van der Waals surface area contributed by atoms with Crippen LogP contribution in [0.2, 0.25) is 0 Å². The fourth-order valence-corrected chi connectivity index (χ4v) is 1.88. The molecule has 0 aromatic heterocycles. The zero-order valence-corrected chi connectivity index (χ0v) is 11.0. The molecule has 10 heteroatoms. The Morgan fingerprint density at radius 1 is 1.40 bits per heavy atom. The van der Waals surface area contributed by atoms with Crippen molar-refractivity contribution in [3.63, 3.8) is 0 Å². The smallest absolute Gasteiger partial charge is 0.397 e. The molecule has 0 saturated heterocycles. The zero-order valence-electron chi connectivity index (χ0n) is 10.2. The van der Waals surface area contributed by atoms with Gasteiger partial charge in [0.25, 0.3) is 0 Å². The van der Waals surface area contributed by atoms with Crippen molar-refractivity contribution in [3.8, 4) is 5.75 Å². The van der Waals surface area contributed by atoms with Gasteiger partial charge in [-0.2, -0.15) is 13.2 Å². The van der Waals surface area contributed by atoms with E-state index in [4.69, 9.17) is 9.88 Å². The molecule has 1 aromatic rings. The average molecular weight is 312 g/mol. The monoisotopic (exact) mass is 312 g/mol. The topological polar surface area (TPSA) is 98.5 Å². The molecule has 0 heterocycles. The second-order valence-electron chi connectivity index (χ2n) is 3.75. The lowest BCUT2D eigenvalue weighted by molar-refractivity contribution is -0.150. The first-order valence-electron chi connectivity index (χ1n) is 5.10. The van der Waals surface area contributed by atoms with Crippen molar-refractivity contribution in [3.05, 3.63) is 18.2 Å². The molecule has 0 aliphatic heterocycles. The zero-order chi connectivity index (χ0) is 15.6. The summed E-state index contributed by atoms with van der Waals surface area (Å²) in [6.45, 7) is 0. The summed E-state index contributed by atoms with van der Waals surface area (Å²) in [4.78, 5) is 10.8. The highest BCUT2D eigenvalue weighted by molar-refractivity contribution is 7.89. The van der Waals surface area contributed by atoms with E-state index in [0.717, 1.165) is 12.1 Å². The highest BCUT2D eigenvalue weighted by Crippen LogP contribution is 2.28. The third-order valence-corrected chi connectivity index (χ3v) is 3.05. The normalized spacial score (nSPS) is 12.1. The molecule has 1 amide bonds. The van der Waals surface area contributed by atoms with E-state index < -0.39 is 28.5 Å². The third kappa shape index (κ3) is 4.70. The number of ether oxygens (including phenoxy) is 1. The molecule has 0 spiro atoms. The molecule has 0 fully saturated rings. The van der Waals surface area contributed by atoms with Crippen LogP contribution in [0.4, 0.5) is 18.9 Å². The first-order valence-corrected chi connectivity index (χ1v) is 6.65. The molecule has 1 rings (SSSR count). The van der Waals surface area contributed by atoms with E-state index in [1.165, 1.54) is 13.2 Å². The predicted molar refractivity (Wildman–Crippen MR) is 63.7 cm³/mol. The van der Waals surface area contributed by atoms with Crippen LogP contribution in [0.15, 0.2) is 23.1 Å². The van der Waals surface area contributed by atoms with Crippen molar-refractivity contribution >= 4 is 21.6 Å². The SMILES string of the molecule is COc1ccc(S(N)(=O)=O)cc1NC(=O)CC(F)(F)F. The number of methoxy groups -OCH3 is 1. The van der Waals surface area contributed by atoms with Gasteiger partial charge in [-0.1, -0.05) is 0 Å². The average Bonchev–Trinajstić information content (AvgIpc) is 2.24. The number of carbonyl (C=O) groups excluding carboxylic acids is 1. The predicted octanol–water partition coefficient (Wildman–Crippen LogP) is 1.23. The Bertz CT molecular complexity index is 613. The Kier molecular flexibility index (Phi) is 4.61. The Morgan fingerprint density at radius 2 is 2.00 bits per heavy atom. The van der Waals surface area contributed by atoms with E-state index in [-0.39, 0.29) is 16.3 Å². The number of rotatable bonds is 4. The minimum Gasteiger partial charge on any atom is -0.495 e. The lowest BCUT2D eigenvalue weighted by Gasteiger charge is -2.12. The van der Waals surface area contributed by atoms with E-state index in [1.54, 1.807) is 0 Å². The molecule has 0 bridgehead atoms. The summed E-state index contributed by atoms with van der Waals surface area (Å²) in [5.74, 6) is -1.34. The Morgan fingerprint density at radius 3 is 2.45 bits per heavy atom. The second kappa shape index (κ2) is 5.67. The fourth-order valence-electron chi connectivity index (χ4n) is 1.34. The van der Waals surface area contributed by atoms with Crippen molar-refractivity contribution in [1.82, 2.24) is 0 Å². The molecule has 0 aliphatic rings. The quantitative estimate of drug-likeness (QED) is 0.873. The van der Waals surface area contributed by atoms with E-state index in [1.807, 2.05) is 5.32 Å². The van der Waals surface area contributed by atoms with E-state index >= 15 is 0 Å². The number of hydrogen-bond acceptors (Lipinski definition) is 4. The number of benzene rings is 1. The van der Waals surface area contributed by atoms with Crippen LogP contribution >= 0.6 is 0 Å². The summed E-state index contributed by atoms with van der Waals surface area (Å²) in [6, 6.07) is 3.19. The maximum Gasteiger partial charge on any atom is 0.397 e. The van der Waals surface area contributed by atoms with Crippen LogP contribution in [0.5, 0.6) is 5.75 Å². The van der Waals surface area contributed by atoms with E-state index in [9.17, 15) is 26.4 Å². The van der Waals surface area contributed by atoms with Gasteiger partial charge in [-0.05, 0) is 18.2 Å². The molecule has 6 nitrogen and oxygen atoms in total. The van der Waals surface area contributed by atoms with Crippen LogP contribution in [-0.2, 0) is 14.8 Å². The molecule has 1 aromatic carbocycles. The molecule has 20 heavy (non-hydrogen) atoms. The van der Waals surface area contributed by atoms with Crippen molar-refractivity contribution in [2.45, 2.75) is 17.5 Å². The number of carbonyl (C=O) groups is 1. The van der Waals surface area contributed by atoms with Crippen LogP contribution in [-0.4, -0.2) is 27.6 Å². The number of sulfonamides is 1. The largest absolute Gasteiger partial charge is 0.495 e. The maximum absolute atomic E-state index is 12.1. The summed E-state index contributed by atoms with van der Waals surface area (Å²) < 4.78 is 63.3. The van der Waals surface area contributed by atoms with Crippen LogP contribution in [0.1, 0.15) is 6.42 Å². The summed E-state index contributed by atoms with van der Waals surface area (Å²) in [5.41, 5.74) is -0.215. The number of amides is 1. The summed E-state index contributed by atoms with van der Waals surface area (Å²) in [7, 11) is -2.84. The highest BCUT2D eigenvalue weighted by Gasteiger charge is 2.31. The van der Waals surface area contributed by atoms with Crippen LogP contribution in [0.25, 0.3) is 0 Å². The van der Waals surface area contributed by atoms with Crippen LogP contribution in [0.3, 0.4) is 0 Å². The standard InChI is InChI=1S/C10H11F3N2O4S/c1-19-8-3-2-6(20(14,17)18)4-7(8)15-9(16)5-10(11,12)13/h2-4H,5H2,1H3,(H,15,16)(H2,14,17,18). The molecule has 0 aliphatic carbocycles. The number of halogens is 3. The lowest BCUT2D eigenvalue weighted by Crippen LogP contribution is -2.21. The minimum absolute atomic E-state index is 0.00734. The minimum atomic E-state index is -4.67. The number of nitrogens with two attached hydrogens (primary N) is 1. The summed E-state index contributed by atoms with van der Waals surface area (Å²) >= 11 is 0. The number of nitrogens with one attached hydrogen (secondary N) is 1. The first-order chi connectivity index (χ1) is 9.03. The van der Waals surface area contributed by atoms with Gasteiger partial charge in [0.2, 0.25) is 15.9 Å². The molecule has 3 N–H and O–H groups in total. The second-order valence-corrected chi connectivity index (χ2v) is 5.31. The number of anilines is 1. The molecular formula is C10H11F3N2O4S. The van der Waals surface area contributed by atoms with E-state index in [0.29, 0.717) is 0 Å². The first kappa shape index (κ1) is 16.2. The van der Waals surface area contributed by atoms with Gasteiger partial charge >= 0.3 is 6.18 Å². The van der Waals surface area contributed by atoms with Gasteiger partial charge in [-0.3, -0.25) is 4.79 Å². The number of alkyl halides is 3. The van der Waals surface area contributed by atoms with Crippen LogP contribution < -0.4 is 15.2 Å². The van der Waals surface area contributed by atoms with Crippen molar-refractivity contribution in [2.75, 3.05) is 12.4 Å². The Labute approximate surface area is 112 Å². The van der Waals surface area contributed by atoms with Gasteiger partial charge in [0.15, 0.2) is 0 Å². The summed E-state index contributed by atoms with van der Waals surface area (Å²) in [5, 5.41) is 6.82. The van der Waals surface area contributed by atoms with Gasteiger partial charge < -0.3 is 10.1 Å². The van der Waals surface area contributed by atoms with E-state index in [2.05, 4.69) is 0 Å². The highest BCUT2D eigenvalue weighted by atomic mass is 32.2. The van der Waals surface area contributed by atoms with Gasteiger partial charge in [-0.15, -0.1) is 0 Å². The third-order valence-electron chi connectivity index (χ3n) is 2.13. The van der Waals surface area contributed by atoms with Crippen molar-refractivity contribution in [2.24, 2.45) is 5.14 Å². The molecule has 0 atom stereocenters. The van der Waals surface area contributed by atoms with Crippen molar-refractivity contribution in [1.29, 1.82) is 0 Å². The van der Waals surface area contributed by atoms with Crippen LogP contribution in [0, 0.1) is 0 Å². The molecule has 112 valence electrons. The summed E-state index contributed by atoms with van der Waals surface area (Å²) in [6.07, 6.45) is -6.37. The van der Waals surface area contributed by atoms with Gasteiger partial charge in [-0.25, -0.2) is 13.6 Å². The molecule has 0 saturated carbocycles. The maximum atomic E-state index is 12.1. The Balaban J connectivity index is 3.07. The molecular weight excluding hydrogens is 301 g/mol. The van der Waals surface area contributed by atoms with Gasteiger partial charge in [0.1, 0.15) is 12.2 Å². The number of primary sulfonamides is 1. The lowest BCUT2D eigenvalue weighted by atomic mass is 10.2. The van der Waals surface area contributed by atoms with Gasteiger partial charge in [0, 0.05) is 0 Å². The molecule has 0 unspecified atom stereocenters. The Hall–Kier alpha value is -1.81. The van der Waals surface area contributed by atoms with Gasteiger partial charge in [0.05, 0.1) is 17.7 Å². The number of hydrogen-bond donors (Lipinski definition) is 2. The van der Waals surface area contributed by atoms with Crippen molar-refractivity contribution < 1.29 is 31.1 Å². The molecule has 0 radical (unpaired) electrons.